The van der Waals surface area contributed by atoms with Crippen molar-refractivity contribution in [3.8, 4) is 0 Å². The predicted octanol–water partition coefficient (Wildman–Crippen LogP) is 2.19. The van der Waals surface area contributed by atoms with Gasteiger partial charge in [0.15, 0.2) is 6.29 Å². The molecule has 0 aromatic rings. The molecule has 0 amide bonds. The van der Waals surface area contributed by atoms with E-state index in [2.05, 4.69) is 13.8 Å². The third-order valence-corrected chi connectivity index (χ3v) is 2.15. The smallest absolute Gasteiger partial charge is 0.157 e. The van der Waals surface area contributed by atoms with E-state index in [9.17, 15) is 0 Å². The van der Waals surface area contributed by atoms with Crippen molar-refractivity contribution in [3.05, 3.63) is 0 Å². The zero-order chi connectivity index (χ0) is 8.10. The summed E-state index contributed by atoms with van der Waals surface area (Å²) in [6.07, 6.45) is 3.53. The van der Waals surface area contributed by atoms with Crippen LogP contribution in [0.25, 0.3) is 0 Å². The van der Waals surface area contributed by atoms with E-state index in [-0.39, 0.29) is 6.29 Å². The van der Waals surface area contributed by atoms with E-state index in [0.29, 0.717) is 5.92 Å². The fourth-order valence-corrected chi connectivity index (χ4v) is 1.07. The second-order valence-corrected chi connectivity index (χ2v) is 3.29. The van der Waals surface area contributed by atoms with Gasteiger partial charge < -0.3 is 9.47 Å². The molecular weight excluding hydrogens is 140 g/mol. The summed E-state index contributed by atoms with van der Waals surface area (Å²) < 4.78 is 10.9. The lowest BCUT2D eigenvalue weighted by Crippen LogP contribution is -2.15. The Morgan fingerprint density at radius 3 is 3.00 bits per heavy atom. The molecule has 2 nitrogen and oxygen atoms in total. The average molecular weight is 158 g/mol. The highest BCUT2D eigenvalue weighted by molar-refractivity contribution is 4.55. The summed E-state index contributed by atoms with van der Waals surface area (Å²) in [7, 11) is 0. The topological polar surface area (TPSA) is 18.5 Å². The molecule has 1 saturated heterocycles. The van der Waals surface area contributed by atoms with Crippen molar-refractivity contribution in [2.45, 2.75) is 39.4 Å². The number of hydrogen-bond acceptors (Lipinski definition) is 2. The molecule has 11 heavy (non-hydrogen) atoms. The molecule has 0 saturated carbocycles. The zero-order valence-corrected chi connectivity index (χ0v) is 7.51. The van der Waals surface area contributed by atoms with E-state index < -0.39 is 0 Å². The molecule has 0 radical (unpaired) electrons. The van der Waals surface area contributed by atoms with Gasteiger partial charge in [0.05, 0.1) is 6.61 Å². The van der Waals surface area contributed by atoms with Crippen LogP contribution in [-0.4, -0.2) is 19.5 Å². The molecule has 2 heteroatoms. The molecular formula is C9H18O2. The minimum Gasteiger partial charge on any atom is -0.353 e. The summed E-state index contributed by atoms with van der Waals surface area (Å²) in [5.41, 5.74) is 0. The molecule has 2 atom stereocenters. The standard InChI is InChI=1S/C9H18O2/c1-3-8(2)7-11-9-5-4-6-10-9/h8-9H,3-7H2,1-2H3. The molecule has 2 unspecified atom stereocenters. The highest BCUT2D eigenvalue weighted by atomic mass is 16.7. The molecule has 0 N–H and O–H groups in total. The van der Waals surface area contributed by atoms with E-state index >= 15 is 0 Å². The zero-order valence-electron chi connectivity index (χ0n) is 7.51. The Bertz CT molecular complexity index is 97.7. The van der Waals surface area contributed by atoms with Gasteiger partial charge in [-0.3, -0.25) is 0 Å². The molecule has 0 aromatic heterocycles. The molecule has 0 aromatic carbocycles. The van der Waals surface area contributed by atoms with E-state index in [1.165, 1.54) is 6.42 Å². The fraction of sp³-hybridized carbons (Fsp3) is 1.00. The van der Waals surface area contributed by atoms with Gasteiger partial charge >= 0.3 is 0 Å². The minimum absolute atomic E-state index is 0.101. The summed E-state index contributed by atoms with van der Waals surface area (Å²) in [5, 5.41) is 0. The molecule has 0 bridgehead atoms. The lowest BCUT2D eigenvalue weighted by Gasteiger charge is -2.13. The Labute approximate surface area is 68.9 Å². The first-order valence-corrected chi connectivity index (χ1v) is 4.56. The van der Waals surface area contributed by atoms with Gasteiger partial charge in [0.1, 0.15) is 0 Å². The van der Waals surface area contributed by atoms with Crippen LogP contribution in [0, 0.1) is 5.92 Å². The summed E-state index contributed by atoms with van der Waals surface area (Å²) in [4.78, 5) is 0. The van der Waals surface area contributed by atoms with Gasteiger partial charge in [-0.2, -0.15) is 0 Å². The maximum atomic E-state index is 5.53. The number of ether oxygens (including phenoxy) is 2. The van der Waals surface area contributed by atoms with Crippen molar-refractivity contribution < 1.29 is 9.47 Å². The molecule has 1 aliphatic rings. The highest BCUT2D eigenvalue weighted by Crippen LogP contribution is 2.14. The normalized spacial score (nSPS) is 27.3. The summed E-state index contributed by atoms with van der Waals surface area (Å²) in [6, 6.07) is 0. The molecule has 0 aliphatic carbocycles. The van der Waals surface area contributed by atoms with Crippen LogP contribution < -0.4 is 0 Å². The minimum atomic E-state index is 0.101. The molecule has 1 aliphatic heterocycles. The van der Waals surface area contributed by atoms with Crippen LogP contribution in [0.1, 0.15) is 33.1 Å². The van der Waals surface area contributed by atoms with Crippen LogP contribution in [0.5, 0.6) is 0 Å². The Kier molecular flexibility index (Phi) is 3.87. The van der Waals surface area contributed by atoms with E-state index in [1.807, 2.05) is 0 Å². The van der Waals surface area contributed by atoms with Crippen LogP contribution in [0.2, 0.25) is 0 Å². The van der Waals surface area contributed by atoms with Gasteiger partial charge in [0.2, 0.25) is 0 Å². The van der Waals surface area contributed by atoms with Crippen LogP contribution in [0.15, 0.2) is 0 Å². The second kappa shape index (κ2) is 4.73. The first-order chi connectivity index (χ1) is 5.33. The molecule has 1 rings (SSSR count). The second-order valence-electron chi connectivity index (χ2n) is 3.29. The van der Waals surface area contributed by atoms with Gasteiger partial charge in [-0.1, -0.05) is 20.3 Å². The Morgan fingerprint density at radius 1 is 1.64 bits per heavy atom. The van der Waals surface area contributed by atoms with Gasteiger partial charge in [-0.25, -0.2) is 0 Å². The molecule has 0 spiro atoms. The summed E-state index contributed by atoms with van der Waals surface area (Å²) in [6.45, 7) is 6.12. The van der Waals surface area contributed by atoms with Gasteiger partial charge in [-0.15, -0.1) is 0 Å². The van der Waals surface area contributed by atoms with Crippen LogP contribution in [0.3, 0.4) is 0 Å². The monoisotopic (exact) mass is 158 g/mol. The van der Waals surface area contributed by atoms with Crippen molar-refractivity contribution in [2.75, 3.05) is 13.2 Å². The van der Waals surface area contributed by atoms with Crippen molar-refractivity contribution in [2.24, 2.45) is 5.92 Å². The number of hydrogen-bond donors (Lipinski definition) is 0. The van der Waals surface area contributed by atoms with Crippen molar-refractivity contribution in [1.82, 2.24) is 0 Å². The van der Waals surface area contributed by atoms with Crippen molar-refractivity contribution in [3.63, 3.8) is 0 Å². The van der Waals surface area contributed by atoms with Gasteiger partial charge in [-0.05, 0) is 12.3 Å². The quantitative estimate of drug-likeness (QED) is 0.624. The van der Waals surface area contributed by atoms with Crippen LogP contribution in [0.4, 0.5) is 0 Å². The summed E-state index contributed by atoms with van der Waals surface area (Å²) in [5.74, 6) is 0.666. The highest BCUT2D eigenvalue weighted by Gasteiger charge is 2.15. The fourth-order valence-electron chi connectivity index (χ4n) is 1.07. The largest absolute Gasteiger partial charge is 0.353 e. The Morgan fingerprint density at radius 2 is 2.45 bits per heavy atom. The molecule has 66 valence electrons. The Hall–Kier alpha value is -0.0800. The van der Waals surface area contributed by atoms with E-state index in [4.69, 9.17) is 9.47 Å². The van der Waals surface area contributed by atoms with Crippen molar-refractivity contribution in [1.29, 1.82) is 0 Å². The third kappa shape index (κ3) is 3.21. The first-order valence-electron chi connectivity index (χ1n) is 4.56. The van der Waals surface area contributed by atoms with Crippen LogP contribution in [-0.2, 0) is 9.47 Å². The SMILES string of the molecule is CCC(C)COC1CCCO1. The first kappa shape index (κ1) is 9.01. The lowest BCUT2D eigenvalue weighted by molar-refractivity contribution is -0.119. The Balaban J connectivity index is 2.01. The predicted molar refractivity (Wildman–Crippen MR) is 44.4 cm³/mol. The van der Waals surface area contributed by atoms with Gasteiger partial charge in [0.25, 0.3) is 0 Å². The number of rotatable bonds is 4. The molecule has 1 heterocycles. The maximum Gasteiger partial charge on any atom is 0.157 e. The average Bonchev–Trinajstić information content (AvgIpc) is 2.52. The third-order valence-electron chi connectivity index (χ3n) is 2.15. The summed E-state index contributed by atoms with van der Waals surface area (Å²) >= 11 is 0. The maximum absolute atomic E-state index is 5.53. The van der Waals surface area contributed by atoms with E-state index in [1.54, 1.807) is 0 Å². The van der Waals surface area contributed by atoms with Crippen molar-refractivity contribution >= 4 is 0 Å². The van der Waals surface area contributed by atoms with Crippen LogP contribution >= 0.6 is 0 Å². The van der Waals surface area contributed by atoms with Gasteiger partial charge in [0, 0.05) is 13.0 Å². The lowest BCUT2D eigenvalue weighted by atomic mass is 10.1. The molecule has 1 fully saturated rings. The van der Waals surface area contributed by atoms with E-state index in [0.717, 1.165) is 26.1 Å².